The molecule has 0 saturated heterocycles. The predicted octanol–water partition coefficient (Wildman–Crippen LogP) is 2.28. The molecule has 0 fully saturated rings. The van der Waals surface area contributed by atoms with E-state index in [1.807, 2.05) is 54.6 Å². The maximum Gasteiger partial charge on any atom is 0.239 e. The highest BCUT2D eigenvalue weighted by atomic mass is 35.5. The van der Waals surface area contributed by atoms with Crippen LogP contribution in [0.15, 0.2) is 54.6 Å². The Labute approximate surface area is 148 Å². The lowest BCUT2D eigenvalue weighted by Gasteiger charge is -2.11. The SMILES string of the molecule is COCC(N)C(=O)NCc1ccc(OCc2ccccc2)cc1.Cl. The van der Waals surface area contributed by atoms with Gasteiger partial charge >= 0.3 is 0 Å². The van der Waals surface area contributed by atoms with Gasteiger partial charge in [0, 0.05) is 13.7 Å². The molecule has 0 aliphatic heterocycles. The highest BCUT2D eigenvalue weighted by Gasteiger charge is 2.12. The topological polar surface area (TPSA) is 73.6 Å². The van der Waals surface area contributed by atoms with Gasteiger partial charge in [-0.05, 0) is 23.3 Å². The number of carbonyl (C=O) groups is 1. The normalized spacial score (nSPS) is 11.2. The zero-order valence-corrected chi connectivity index (χ0v) is 14.4. The van der Waals surface area contributed by atoms with Crippen molar-refractivity contribution >= 4 is 18.3 Å². The highest BCUT2D eigenvalue weighted by Crippen LogP contribution is 2.14. The van der Waals surface area contributed by atoms with Gasteiger partial charge in [-0.3, -0.25) is 4.79 Å². The minimum Gasteiger partial charge on any atom is -0.489 e. The molecule has 2 aromatic carbocycles. The van der Waals surface area contributed by atoms with Crippen LogP contribution in [0.1, 0.15) is 11.1 Å². The zero-order chi connectivity index (χ0) is 16.5. The molecular weight excluding hydrogens is 328 g/mol. The summed E-state index contributed by atoms with van der Waals surface area (Å²) in [5.74, 6) is 0.566. The van der Waals surface area contributed by atoms with Crippen LogP contribution in [0, 0.1) is 0 Å². The van der Waals surface area contributed by atoms with Crippen LogP contribution < -0.4 is 15.8 Å². The van der Waals surface area contributed by atoms with Crippen LogP contribution in [-0.4, -0.2) is 25.7 Å². The second-order valence-corrected chi connectivity index (χ2v) is 5.20. The molecule has 130 valence electrons. The quantitative estimate of drug-likeness (QED) is 0.766. The third kappa shape index (κ3) is 6.58. The lowest BCUT2D eigenvalue weighted by Crippen LogP contribution is -2.43. The standard InChI is InChI=1S/C18H22N2O3.ClH/c1-22-13-17(19)18(21)20-11-14-7-9-16(10-8-14)23-12-15-5-3-2-4-6-15;/h2-10,17H,11-13,19H2,1H3,(H,20,21);1H. The van der Waals surface area contributed by atoms with Crippen molar-refractivity contribution in [2.45, 2.75) is 19.2 Å². The molecule has 6 heteroatoms. The number of benzene rings is 2. The molecule has 2 aromatic rings. The number of nitrogens with two attached hydrogens (primary N) is 1. The van der Waals surface area contributed by atoms with Gasteiger partial charge in [0.1, 0.15) is 18.4 Å². The van der Waals surface area contributed by atoms with Crippen LogP contribution in [0.5, 0.6) is 5.75 Å². The molecule has 1 unspecified atom stereocenters. The van der Waals surface area contributed by atoms with Gasteiger partial charge in [0.2, 0.25) is 5.91 Å². The first-order chi connectivity index (χ1) is 11.2. The van der Waals surface area contributed by atoms with Crippen LogP contribution in [0.25, 0.3) is 0 Å². The number of rotatable bonds is 8. The Morgan fingerprint density at radius 1 is 1.08 bits per heavy atom. The number of ether oxygens (including phenoxy) is 2. The molecule has 2 rings (SSSR count). The monoisotopic (exact) mass is 350 g/mol. The second kappa shape index (κ2) is 10.6. The average molecular weight is 351 g/mol. The Kier molecular flexibility index (Phi) is 8.86. The molecule has 0 radical (unpaired) electrons. The largest absolute Gasteiger partial charge is 0.489 e. The summed E-state index contributed by atoms with van der Waals surface area (Å²) in [6.07, 6.45) is 0. The van der Waals surface area contributed by atoms with Crippen molar-refractivity contribution in [3.8, 4) is 5.75 Å². The molecular formula is C18H23ClN2O3. The molecule has 3 N–H and O–H groups in total. The van der Waals surface area contributed by atoms with E-state index < -0.39 is 6.04 Å². The minimum absolute atomic E-state index is 0. The van der Waals surface area contributed by atoms with Crippen molar-refractivity contribution in [1.29, 1.82) is 0 Å². The molecule has 0 aromatic heterocycles. The second-order valence-electron chi connectivity index (χ2n) is 5.20. The van der Waals surface area contributed by atoms with Crippen molar-refractivity contribution in [2.75, 3.05) is 13.7 Å². The summed E-state index contributed by atoms with van der Waals surface area (Å²) in [5.41, 5.74) is 7.76. The van der Waals surface area contributed by atoms with Crippen molar-refractivity contribution in [3.63, 3.8) is 0 Å². The van der Waals surface area contributed by atoms with Crippen molar-refractivity contribution in [1.82, 2.24) is 5.32 Å². The van der Waals surface area contributed by atoms with E-state index in [0.29, 0.717) is 13.2 Å². The summed E-state index contributed by atoms with van der Waals surface area (Å²) >= 11 is 0. The molecule has 1 amide bonds. The van der Waals surface area contributed by atoms with E-state index >= 15 is 0 Å². The van der Waals surface area contributed by atoms with Crippen LogP contribution in [-0.2, 0) is 22.7 Å². The van der Waals surface area contributed by atoms with Gasteiger partial charge in [-0.2, -0.15) is 0 Å². The zero-order valence-electron chi connectivity index (χ0n) is 13.6. The Bertz CT molecular complexity index is 605. The molecule has 0 saturated carbocycles. The Morgan fingerprint density at radius 3 is 2.38 bits per heavy atom. The maximum absolute atomic E-state index is 11.7. The van der Waals surface area contributed by atoms with Gasteiger partial charge in [0.25, 0.3) is 0 Å². The maximum atomic E-state index is 11.7. The molecule has 0 spiro atoms. The number of carbonyl (C=O) groups excluding carboxylic acids is 1. The molecule has 24 heavy (non-hydrogen) atoms. The van der Waals surface area contributed by atoms with Crippen molar-refractivity contribution < 1.29 is 14.3 Å². The summed E-state index contributed by atoms with van der Waals surface area (Å²) in [4.78, 5) is 11.7. The van der Waals surface area contributed by atoms with E-state index in [0.717, 1.165) is 16.9 Å². The fourth-order valence-corrected chi connectivity index (χ4v) is 2.02. The van der Waals surface area contributed by atoms with Gasteiger partial charge in [-0.15, -0.1) is 12.4 Å². The number of hydrogen-bond acceptors (Lipinski definition) is 4. The molecule has 0 aliphatic carbocycles. The molecule has 5 nitrogen and oxygen atoms in total. The predicted molar refractivity (Wildman–Crippen MR) is 96.2 cm³/mol. The first kappa shape index (κ1) is 20.0. The molecule has 0 aliphatic rings. The van der Waals surface area contributed by atoms with E-state index in [1.54, 1.807) is 0 Å². The van der Waals surface area contributed by atoms with E-state index in [9.17, 15) is 4.79 Å². The van der Waals surface area contributed by atoms with E-state index in [4.69, 9.17) is 15.2 Å². The number of methoxy groups -OCH3 is 1. The summed E-state index contributed by atoms with van der Waals surface area (Å²) < 4.78 is 10.6. The van der Waals surface area contributed by atoms with Gasteiger partial charge in [0.15, 0.2) is 0 Å². The number of hydrogen-bond donors (Lipinski definition) is 2. The Morgan fingerprint density at radius 2 is 1.75 bits per heavy atom. The summed E-state index contributed by atoms with van der Waals surface area (Å²) in [5, 5.41) is 2.78. The average Bonchev–Trinajstić information content (AvgIpc) is 2.60. The van der Waals surface area contributed by atoms with Gasteiger partial charge in [-0.25, -0.2) is 0 Å². The van der Waals surface area contributed by atoms with Gasteiger partial charge in [0.05, 0.1) is 6.61 Å². The smallest absolute Gasteiger partial charge is 0.239 e. The first-order valence-corrected chi connectivity index (χ1v) is 7.47. The van der Waals surface area contributed by atoms with E-state index in [-0.39, 0.29) is 24.9 Å². The third-order valence-corrected chi connectivity index (χ3v) is 3.32. The summed E-state index contributed by atoms with van der Waals surface area (Å²) in [6, 6.07) is 17.0. The summed E-state index contributed by atoms with van der Waals surface area (Å²) in [6.45, 7) is 1.16. The number of nitrogens with one attached hydrogen (secondary N) is 1. The molecule has 0 heterocycles. The highest BCUT2D eigenvalue weighted by molar-refractivity contribution is 5.85. The molecule has 0 bridgehead atoms. The van der Waals surface area contributed by atoms with E-state index in [2.05, 4.69) is 5.32 Å². The lowest BCUT2D eigenvalue weighted by atomic mass is 10.2. The third-order valence-electron chi connectivity index (χ3n) is 3.32. The van der Waals surface area contributed by atoms with Gasteiger partial charge in [-0.1, -0.05) is 42.5 Å². The van der Waals surface area contributed by atoms with Crippen molar-refractivity contribution in [2.24, 2.45) is 5.73 Å². The minimum atomic E-state index is -0.645. The van der Waals surface area contributed by atoms with Crippen molar-refractivity contribution in [3.05, 3.63) is 65.7 Å². The first-order valence-electron chi connectivity index (χ1n) is 7.47. The van der Waals surface area contributed by atoms with Gasteiger partial charge < -0.3 is 20.5 Å². The van der Waals surface area contributed by atoms with Crippen LogP contribution in [0.3, 0.4) is 0 Å². The molecule has 1 atom stereocenters. The summed E-state index contributed by atoms with van der Waals surface area (Å²) in [7, 11) is 1.52. The number of halogens is 1. The van der Waals surface area contributed by atoms with Crippen LogP contribution in [0.4, 0.5) is 0 Å². The lowest BCUT2D eigenvalue weighted by molar-refractivity contribution is -0.123. The fraction of sp³-hybridized carbons (Fsp3) is 0.278. The van der Waals surface area contributed by atoms with E-state index in [1.165, 1.54) is 7.11 Å². The Balaban J connectivity index is 0.00000288. The fourth-order valence-electron chi connectivity index (χ4n) is 2.02. The van der Waals surface area contributed by atoms with Crippen LogP contribution in [0.2, 0.25) is 0 Å². The Hall–Kier alpha value is -2.08. The van der Waals surface area contributed by atoms with Crippen LogP contribution >= 0.6 is 12.4 Å². The number of amides is 1.